The topological polar surface area (TPSA) is 55.8 Å². The lowest BCUT2D eigenvalue weighted by Crippen LogP contribution is -2.48. The van der Waals surface area contributed by atoms with E-state index in [1.165, 1.54) is 18.2 Å². The molecule has 0 aromatic heterocycles. The lowest BCUT2D eigenvalue weighted by atomic mass is 10.0. The van der Waals surface area contributed by atoms with Crippen LogP contribution in [0.1, 0.15) is 22.3 Å². The third kappa shape index (κ3) is 5.52. The van der Waals surface area contributed by atoms with E-state index in [0.29, 0.717) is 32.7 Å². The number of rotatable bonds is 5. The van der Waals surface area contributed by atoms with Gasteiger partial charge in [0.05, 0.1) is 17.8 Å². The quantitative estimate of drug-likeness (QED) is 0.772. The SMILES string of the molecule is Cc1cc(O)c(CN2CCN(CC(=O)Nc3ccccc3C(F)(F)F)CC2)cc1C. The molecule has 0 radical (unpaired) electrons. The number of carbonyl (C=O) groups excluding carboxylic acids is 1. The largest absolute Gasteiger partial charge is 0.508 e. The highest BCUT2D eigenvalue weighted by molar-refractivity contribution is 5.93. The van der Waals surface area contributed by atoms with Gasteiger partial charge in [-0.15, -0.1) is 0 Å². The van der Waals surface area contributed by atoms with Crippen molar-refractivity contribution in [1.29, 1.82) is 0 Å². The van der Waals surface area contributed by atoms with Crippen molar-refractivity contribution in [3.63, 3.8) is 0 Å². The lowest BCUT2D eigenvalue weighted by Gasteiger charge is -2.34. The number of anilines is 1. The third-order valence-electron chi connectivity index (χ3n) is 5.43. The molecule has 0 saturated carbocycles. The summed E-state index contributed by atoms with van der Waals surface area (Å²) in [5.41, 5.74) is 1.96. The van der Waals surface area contributed by atoms with Gasteiger partial charge in [0.2, 0.25) is 5.91 Å². The molecule has 2 aromatic carbocycles. The van der Waals surface area contributed by atoms with E-state index in [9.17, 15) is 23.1 Å². The predicted molar refractivity (Wildman–Crippen MR) is 109 cm³/mol. The van der Waals surface area contributed by atoms with Crippen LogP contribution >= 0.6 is 0 Å². The van der Waals surface area contributed by atoms with Crippen molar-refractivity contribution < 1.29 is 23.1 Å². The molecule has 0 atom stereocenters. The maximum absolute atomic E-state index is 13.1. The van der Waals surface area contributed by atoms with Gasteiger partial charge in [-0.05, 0) is 43.2 Å². The second kappa shape index (κ2) is 9.06. The van der Waals surface area contributed by atoms with Crippen LogP contribution in [0.4, 0.5) is 18.9 Å². The second-order valence-corrected chi connectivity index (χ2v) is 7.71. The Kier molecular flexibility index (Phi) is 6.67. The molecule has 0 spiro atoms. The standard InChI is InChI=1S/C22H26F3N3O2/c1-15-11-17(20(29)12-16(15)2)13-27-7-9-28(10-8-27)14-21(30)26-19-6-4-3-5-18(19)22(23,24)25/h3-6,11-12,29H,7-10,13-14H2,1-2H3,(H,26,30). The molecule has 8 heteroatoms. The van der Waals surface area contributed by atoms with E-state index < -0.39 is 17.6 Å². The maximum atomic E-state index is 13.1. The highest BCUT2D eigenvalue weighted by atomic mass is 19.4. The summed E-state index contributed by atoms with van der Waals surface area (Å²) in [6.07, 6.45) is -4.52. The van der Waals surface area contributed by atoms with Crippen LogP contribution in [-0.4, -0.2) is 53.5 Å². The minimum atomic E-state index is -4.52. The van der Waals surface area contributed by atoms with Crippen LogP contribution in [0.3, 0.4) is 0 Å². The molecule has 1 saturated heterocycles. The van der Waals surface area contributed by atoms with Gasteiger partial charge >= 0.3 is 6.18 Å². The van der Waals surface area contributed by atoms with Crippen molar-refractivity contribution >= 4 is 11.6 Å². The number of hydrogen-bond donors (Lipinski definition) is 2. The fourth-order valence-electron chi connectivity index (χ4n) is 3.57. The van der Waals surface area contributed by atoms with Crippen LogP contribution in [0.5, 0.6) is 5.75 Å². The van der Waals surface area contributed by atoms with Crippen molar-refractivity contribution in [1.82, 2.24) is 9.80 Å². The van der Waals surface area contributed by atoms with E-state index in [4.69, 9.17) is 0 Å². The summed E-state index contributed by atoms with van der Waals surface area (Å²) in [7, 11) is 0. The number of aryl methyl sites for hydroxylation is 2. The number of phenolic OH excluding ortho intramolecular Hbond substituents is 1. The summed E-state index contributed by atoms with van der Waals surface area (Å²) in [5.74, 6) is -0.185. The second-order valence-electron chi connectivity index (χ2n) is 7.71. The fourth-order valence-corrected chi connectivity index (χ4v) is 3.57. The summed E-state index contributed by atoms with van der Waals surface area (Å²) < 4.78 is 39.2. The maximum Gasteiger partial charge on any atom is 0.418 e. The molecule has 162 valence electrons. The summed E-state index contributed by atoms with van der Waals surface area (Å²) in [6, 6.07) is 8.73. The Labute approximate surface area is 174 Å². The molecule has 2 aromatic rings. The first kappa shape index (κ1) is 22.1. The molecule has 1 amide bonds. The van der Waals surface area contributed by atoms with E-state index in [2.05, 4.69) is 10.2 Å². The average molecular weight is 421 g/mol. The molecule has 5 nitrogen and oxygen atoms in total. The van der Waals surface area contributed by atoms with Gasteiger partial charge in [-0.2, -0.15) is 13.2 Å². The van der Waals surface area contributed by atoms with Gasteiger partial charge in [-0.3, -0.25) is 14.6 Å². The third-order valence-corrected chi connectivity index (χ3v) is 5.43. The summed E-state index contributed by atoms with van der Waals surface area (Å²) in [6.45, 7) is 7.28. The normalized spacial score (nSPS) is 15.9. The zero-order valence-corrected chi connectivity index (χ0v) is 17.1. The lowest BCUT2D eigenvalue weighted by molar-refractivity contribution is -0.137. The van der Waals surface area contributed by atoms with Gasteiger partial charge in [0.25, 0.3) is 0 Å². The Morgan fingerprint density at radius 2 is 1.63 bits per heavy atom. The zero-order chi connectivity index (χ0) is 21.9. The number of halogens is 3. The smallest absolute Gasteiger partial charge is 0.418 e. The molecule has 0 unspecified atom stereocenters. The van der Waals surface area contributed by atoms with E-state index >= 15 is 0 Å². The average Bonchev–Trinajstić information content (AvgIpc) is 2.67. The number of piperazine rings is 1. The molecule has 3 rings (SSSR count). The molecule has 1 heterocycles. The molecule has 30 heavy (non-hydrogen) atoms. The molecule has 1 aliphatic heterocycles. The van der Waals surface area contributed by atoms with Crippen molar-refractivity contribution in [2.75, 3.05) is 38.0 Å². The predicted octanol–water partition coefficient (Wildman–Crippen LogP) is 3.78. The molecule has 0 bridgehead atoms. The van der Waals surface area contributed by atoms with Gasteiger partial charge in [-0.25, -0.2) is 0 Å². The Morgan fingerprint density at radius 1 is 1.03 bits per heavy atom. The van der Waals surface area contributed by atoms with E-state index in [-0.39, 0.29) is 18.0 Å². The van der Waals surface area contributed by atoms with Crippen molar-refractivity contribution in [3.05, 3.63) is 58.7 Å². The number of para-hydroxylation sites is 1. The number of carbonyl (C=O) groups is 1. The number of nitrogens with zero attached hydrogens (tertiary/aromatic N) is 2. The minimum absolute atomic E-state index is 0.0366. The van der Waals surface area contributed by atoms with Gasteiger partial charge in [0, 0.05) is 38.3 Å². The number of benzene rings is 2. The molecular weight excluding hydrogens is 395 g/mol. The summed E-state index contributed by atoms with van der Waals surface area (Å²) >= 11 is 0. The van der Waals surface area contributed by atoms with Crippen LogP contribution in [-0.2, 0) is 17.5 Å². The van der Waals surface area contributed by atoms with Gasteiger partial charge in [0.1, 0.15) is 5.75 Å². The Balaban J connectivity index is 1.52. The molecular formula is C22H26F3N3O2. The van der Waals surface area contributed by atoms with Crippen LogP contribution in [0.2, 0.25) is 0 Å². The summed E-state index contributed by atoms with van der Waals surface area (Å²) in [5, 5.41) is 12.6. The fraction of sp³-hybridized carbons (Fsp3) is 0.409. The molecule has 0 aliphatic carbocycles. The van der Waals surface area contributed by atoms with Crippen LogP contribution in [0.15, 0.2) is 36.4 Å². The van der Waals surface area contributed by atoms with Crippen LogP contribution < -0.4 is 5.32 Å². The Bertz CT molecular complexity index is 907. The van der Waals surface area contributed by atoms with Crippen molar-refractivity contribution in [2.24, 2.45) is 0 Å². The monoisotopic (exact) mass is 421 g/mol. The number of aromatic hydroxyl groups is 1. The van der Waals surface area contributed by atoms with Crippen LogP contribution in [0, 0.1) is 13.8 Å². The zero-order valence-electron chi connectivity index (χ0n) is 17.1. The van der Waals surface area contributed by atoms with Gasteiger partial charge in [-0.1, -0.05) is 18.2 Å². The van der Waals surface area contributed by atoms with E-state index in [1.54, 1.807) is 6.07 Å². The minimum Gasteiger partial charge on any atom is -0.508 e. The number of nitrogens with one attached hydrogen (secondary N) is 1. The number of amides is 1. The van der Waals surface area contributed by atoms with Gasteiger partial charge in [0.15, 0.2) is 0 Å². The first-order valence-corrected chi connectivity index (χ1v) is 9.83. The van der Waals surface area contributed by atoms with E-state index in [0.717, 1.165) is 22.8 Å². The molecule has 1 aliphatic rings. The van der Waals surface area contributed by atoms with E-state index in [1.807, 2.05) is 24.8 Å². The number of hydrogen-bond acceptors (Lipinski definition) is 4. The summed E-state index contributed by atoms with van der Waals surface area (Å²) in [4.78, 5) is 16.4. The molecule has 1 fully saturated rings. The van der Waals surface area contributed by atoms with Gasteiger partial charge < -0.3 is 10.4 Å². The first-order chi connectivity index (χ1) is 14.1. The van der Waals surface area contributed by atoms with Crippen molar-refractivity contribution in [2.45, 2.75) is 26.6 Å². The Morgan fingerprint density at radius 3 is 2.30 bits per heavy atom. The highest BCUT2D eigenvalue weighted by Crippen LogP contribution is 2.34. The highest BCUT2D eigenvalue weighted by Gasteiger charge is 2.33. The number of alkyl halides is 3. The number of phenols is 1. The Hall–Kier alpha value is -2.58. The first-order valence-electron chi connectivity index (χ1n) is 9.83. The van der Waals surface area contributed by atoms with Crippen molar-refractivity contribution in [3.8, 4) is 5.75 Å². The molecule has 2 N–H and O–H groups in total. The van der Waals surface area contributed by atoms with Crippen LogP contribution in [0.25, 0.3) is 0 Å².